The van der Waals surface area contributed by atoms with Crippen LogP contribution in [0.1, 0.15) is 16.7 Å². The molecule has 0 bridgehead atoms. The van der Waals surface area contributed by atoms with E-state index in [-0.39, 0.29) is 0 Å². The van der Waals surface area contributed by atoms with Gasteiger partial charge in [0.2, 0.25) is 0 Å². The summed E-state index contributed by atoms with van der Waals surface area (Å²) in [5.74, 6) is 0.810. The second-order valence-electron chi connectivity index (χ2n) is 6.69. The van der Waals surface area contributed by atoms with Gasteiger partial charge in [0.25, 0.3) is 0 Å². The first-order valence-corrected chi connectivity index (χ1v) is 9.86. The Morgan fingerprint density at radius 3 is 2.38 bits per heavy atom. The number of nitrogens with one attached hydrogen (secondary N) is 1. The number of hydrogen-bond acceptors (Lipinski definition) is 3. The predicted molar refractivity (Wildman–Crippen MR) is 121 cm³/mol. The van der Waals surface area contributed by atoms with Crippen molar-refractivity contribution in [2.45, 2.75) is 13.2 Å². The first kappa shape index (κ1) is 19.0. The highest BCUT2D eigenvalue weighted by atomic mass is 35.5. The Balaban J connectivity index is 1.54. The van der Waals surface area contributed by atoms with E-state index >= 15 is 0 Å². The zero-order chi connectivity index (χ0) is 19.9. The summed E-state index contributed by atoms with van der Waals surface area (Å²) < 4.78 is 6.13. The summed E-state index contributed by atoms with van der Waals surface area (Å²) in [4.78, 5) is 0. The summed E-state index contributed by atoms with van der Waals surface area (Å²) in [5, 5.41) is 7.43. The fourth-order valence-corrected chi connectivity index (χ4v) is 3.25. The summed E-state index contributed by atoms with van der Waals surface area (Å²) >= 11 is 5.94. The maximum Gasteiger partial charge on any atom is 0.129 e. The topological polar surface area (TPSA) is 33.6 Å². The van der Waals surface area contributed by atoms with Gasteiger partial charge in [0.1, 0.15) is 12.4 Å². The third-order valence-electron chi connectivity index (χ3n) is 4.65. The van der Waals surface area contributed by atoms with Crippen LogP contribution in [-0.2, 0) is 13.2 Å². The van der Waals surface area contributed by atoms with Crippen LogP contribution in [0.5, 0.6) is 5.75 Å². The van der Waals surface area contributed by atoms with E-state index in [1.54, 1.807) is 0 Å². The van der Waals surface area contributed by atoms with E-state index in [2.05, 4.69) is 40.9 Å². The Kier molecular flexibility index (Phi) is 6.08. The van der Waals surface area contributed by atoms with Crippen LogP contribution in [0.2, 0.25) is 5.02 Å². The number of rotatable bonds is 7. The van der Waals surface area contributed by atoms with Crippen molar-refractivity contribution >= 4 is 28.6 Å². The lowest BCUT2D eigenvalue weighted by Crippen LogP contribution is -2.06. The van der Waals surface area contributed by atoms with Crippen molar-refractivity contribution in [2.24, 2.45) is 5.10 Å². The Morgan fingerprint density at radius 2 is 1.55 bits per heavy atom. The number of fused-ring (bicyclic) bond motifs is 1. The fraction of sp³-hybridized carbons (Fsp3) is 0.0800. The normalized spacial score (nSPS) is 11.1. The van der Waals surface area contributed by atoms with E-state index in [1.165, 1.54) is 0 Å². The zero-order valence-corrected chi connectivity index (χ0v) is 16.6. The molecule has 29 heavy (non-hydrogen) atoms. The number of halogens is 1. The quantitative estimate of drug-likeness (QED) is 0.296. The van der Waals surface area contributed by atoms with Gasteiger partial charge in [-0.15, -0.1) is 0 Å². The van der Waals surface area contributed by atoms with Crippen molar-refractivity contribution in [3.05, 3.63) is 113 Å². The molecule has 4 heteroatoms. The van der Waals surface area contributed by atoms with Crippen LogP contribution in [0, 0.1) is 0 Å². The molecule has 0 unspecified atom stereocenters. The van der Waals surface area contributed by atoms with Crippen LogP contribution in [0.3, 0.4) is 0 Å². The summed E-state index contributed by atoms with van der Waals surface area (Å²) in [5.41, 5.74) is 6.31. The van der Waals surface area contributed by atoms with Crippen molar-refractivity contribution in [1.29, 1.82) is 0 Å². The molecule has 0 fully saturated rings. The van der Waals surface area contributed by atoms with E-state index in [9.17, 15) is 0 Å². The zero-order valence-electron chi connectivity index (χ0n) is 15.9. The Bertz CT molecular complexity index is 1110. The van der Waals surface area contributed by atoms with Gasteiger partial charge < -0.3 is 10.2 Å². The van der Waals surface area contributed by atoms with Crippen molar-refractivity contribution in [2.75, 3.05) is 0 Å². The molecule has 0 amide bonds. The van der Waals surface area contributed by atoms with Crippen LogP contribution in [0.25, 0.3) is 10.8 Å². The van der Waals surface area contributed by atoms with Crippen LogP contribution < -0.4 is 10.2 Å². The fourth-order valence-electron chi connectivity index (χ4n) is 3.12. The first-order valence-electron chi connectivity index (χ1n) is 9.48. The van der Waals surface area contributed by atoms with E-state index in [0.29, 0.717) is 13.2 Å². The van der Waals surface area contributed by atoms with Gasteiger partial charge in [0, 0.05) is 10.6 Å². The smallest absolute Gasteiger partial charge is 0.129 e. The molecule has 0 atom stereocenters. The van der Waals surface area contributed by atoms with E-state index in [4.69, 9.17) is 16.3 Å². The summed E-state index contributed by atoms with van der Waals surface area (Å²) in [7, 11) is 0. The molecule has 0 radical (unpaired) electrons. The van der Waals surface area contributed by atoms with Crippen molar-refractivity contribution in [3.63, 3.8) is 0 Å². The molecule has 0 heterocycles. The van der Waals surface area contributed by atoms with E-state index in [1.807, 2.05) is 66.9 Å². The molecule has 3 nitrogen and oxygen atoms in total. The first-order chi connectivity index (χ1) is 14.3. The molecule has 0 saturated carbocycles. The molecule has 144 valence electrons. The molecule has 4 aromatic rings. The summed E-state index contributed by atoms with van der Waals surface area (Å²) in [6.07, 6.45) is 1.83. The van der Waals surface area contributed by atoms with Gasteiger partial charge in [-0.3, -0.25) is 0 Å². The van der Waals surface area contributed by atoms with Gasteiger partial charge in [-0.1, -0.05) is 84.4 Å². The maximum absolute atomic E-state index is 6.13. The number of nitrogens with zero attached hydrogens (tertiary/aromatic N) is 1. The Labute approximate surface area is 175 Å². The van der Waals surface area contributed by atoms with Crippen molar-refractivity contribution < 1.29 is 4.74 Å². The Hall–Kier alpha value is -3.30. The standard InChI is InChI=1S/C25H21ClN2O/c26-22-13-10-19(11-14-22)16-27-28-17-24-23-9-5-4-8-21(23)12-15-25(24)29-18-20-6-2-1-3-7-20/h1-15,17,27H,16,18H2/b28-17-. The van der Waals surface area contributed by atoms with Gasteiger partial charge in [-0.25, -0.2) is 0 Å². The van der Waals surface area contributed by atoms with Crippen LogP contribution in [0.4, 0.5) is 0 Å². The minimum Gasteiger partial charge on any atom is -0.488 e. The second-order valence-corrected chi connectivity index (χ2v) is 7.13. The van der Waals surface area contributed by atoms with Crippen LogP contribution >= 0.6 is 11.6 Å². The lowest BCUT2D eigenvalue weighted by molar-refractivity contribution is 0.306. The highest BCUT2D eigenvalue weighted by Crippen LogP contribution is 2.27. The molecule has 0 aliphatic heterocycles. The average molecular weight is 401 g/mol. The summed E-state index contributed by atoms with van der Waals surface area (Å²) in [6.45, 7) is 1.14. The highest BCUT2D eigenvalue weighted by molar-refractivity contribution is 6.30. The maximum atomic E-state index is 6.13. The molecule has 1 N–H and O–H groups in total. The molecule has 0 spiro atoms. The predicted octanol–water partition coefficient (Wildman–Crippen LogP) is 6.20. The van der Waals surface area contributed by atoms with E-state index < -0.39 is 0 Å². The molecule has 0 aliphatic carbocycles. The van der Waals surface area contributed by atoms with Crippen molar-refractivity contribution in [3.8, 4) is 5.75 Å². The second kappa shape index (κ2) is 9.26. The van der Waals surface area contributed by atoms with Gasteiger partial charge in [-0.2, -0.15) is 5.10 Å². The molecule has 4 rings (SSSR count). The minimum atomic E-state index is 0.512. The number of hydrazone groups is 1. The average Bonchev–Trinajstić information content (AvgIpc) is 2.77. The van der Waals surface area contributed by atoms with Gasteiger partial charge in [-0.05, 0) is 40.1 Å². The molecule has 4 aromatic carbocycles. The molecule has 0 aliphatic rings. The number of benzene rings is 4. The lowest BCUT2D eigenvalue weighted by atomic mass is 10.0. The summed E-state index contributed by atoms with van der Waals surface area (Å²) in [6, 6.07) is 30.2. The Morgan fingerprint density at radius 1 is 0.793 bits per heavy atom. The SMILES string of the molecule is Clc1ccc(CN/N=C\c2c(OCc3ccccc3)ccc3ccccc23)cc1. The van der Waals surface area contributed by atoms with Crippen molar-refractivity contribution in [1.82, 2.24) is 5.43 Å². The molecular formula is C25H21ClN2O. The molecule has 0 saturated heterocycles. The number of ether oxygens (including phenoxy) is 1. The van der Waals surface area contributed by atoms with Gasteiger partial charge >= 0.3 is 0 Å². The third-order valence-corrected chi connectivity index (χ3v) is 4.90. The van der Waals surface area contributed by atoms with Gasteiger partial charge in [0.05, 0.1) is 12.8 Å². The van der Waals surface area contributed by atoms with Gasteiger partial charge in [0.15, 0.2) is 0 Å². The molecular weight excluding hydrogens is 380 g/mol. The highest BCUT2D eigenvalue weighted by Gasteiger charge is 2.07. The molecule has 0 aromatic heterocycles. The number of hydrogen-bond donors (Lipinski definition) is 1. The van der Waals surface area contributed by atoms with E-state index in [0.717, 1.165) is 38.2 Å². The largest absolute Gasteiger partial charge is 0.488 e. The monoisotopic (exact) mass is 400 g/mol. The minimum absolute atomic E-state index is 0.512. The lowest BCUT2D eigenvalue weighted by Gasteiger charge is -2.12. The third kappa shape index (κ3) is 4.95. The van der Waals surface area contributed by atoms with Crippen LogP contribution in [0.15, 0.2) is 96.1 Å². The van der Waals surface area contributed by atoms with Crippen LogP contribution in [-0.4, -0.2) is 6.21 Å².